The number of amides is 1. The minimum Gasteiger partial charge on any atom is -0.481 e. The first-order valence-corrected chi connectivity index (χ1v) is 10.1. The maximum atomic E-state index is 12.5. The van der Waals surface area contributed by atoms with Crippen LogP contribution in [0.4, 0.5) is 0 Å². The minimum absolute atomic E-state index is 0.145. The van der Waals surface area contributed by atoms with Crippen LogP contribution in [0.5, 0.6) is 0 Å². The number of sulfonamides is 1. The molecule has 0 heterocycles. The summed E-state index contributed by atoms with van der Waals surface area (Å²) in [5.41, 5.74) is 0.793. The summed E-state index contributed by atoms with van der Waals surface area (Å²) in [6, 6.07) is 6.12. The molecule has 7 nitrogen and oxygen atoms in total. The van der Waals surface area contributed by atoms with E-state index in [4.69, 9.17) is 5.11 Å². The van der Waals surface area contributed by atoms with Crippen LogP contribution in [0.15, 0.2) is 29.2 Å². The Morgan fingerprint density at radius 2 is 1.73 bits per heavy atom. The summed E-state index contributed by atoms with van der Waals surface area (Å²) in [7, 11) is -0.538. The van der Waals surface area contributed by atoms with Crippen LogP contribution in [0.2, 0.25) is 0 Å². The third-order valence-corrected chi connectivity index (χ3v) is 6.74. The summed E-state index contributed by atoms with van der Waals surface area (Å²) < 4.78 is 25.3. The fourth-order valence-corrected chi connectivity index (χ4v) is 4.11. The third kappa shape index (κ3) is 4.62. The Balaban J connectivity index is 2.02. The van der Waals surface area contributed by atoms with Gasteiger partial charge in [-0.3, -0.25) is 9.59 Å². The number of carboxylic acids is 1. The summed E-state index contributed by atoms with van der Waals surface area (Å²) >= 11 is 0. The molecule has 0 saturated heterocycles. The van der Waals surface area contributed by atoms with E-state index in [9.17, 15) is 18.0 Å². The molecule has 1 aromatic carbocycles. The zero-order valence-electron chi connectivity index (χ0n) is 15.3. The van der Waals surface area contributed by atoms with Crippen molar-refractivity contribution in [3.63, 3.8) is 0 Å². The van der Waals surface area contributed by atoms with Gasteiger partial charge in [0.15, 0.2) is 0 Å². The average Bonchev–Trinajstić information content (AvgIpc) is 2.61. The van der Waals surface area contributed by atoms with Crippen LogP contribution in [-0.4, -0.2) is 43.8 Å². The van der Waals surface area contributed by atoms with Gasteiger partial charge in [-0.1, -0.05) is 18.6 Å². The van der Waals surface area contributed by atoms with Gasteiger partial charge >= 0.3 is 5.97 Å². The highest BCUT2D eigenvalue weighted by molar-refractivity contribution is 7.89. The van der Waals surface area contributed by atoms with Crippen LogP contribution >= 0.6 is 0 Å². The number of benzene rings is 1. The minimum atomic E-state index is -3.48. The molecule has 3 atom stereocenters. The maximum absolute atomic E-state index is 12.5. The molecule has 2 N–H and O–H groups in total. The molecule has 26 heavy (non-hydrogen) atoms. The number of carboxylic acid groups (broad SMARTS) is 1. The monoisotopic (exact) mass is 382 g/mol. The lowest BCUT2D eigenvalue weighted by molar-refractivity contribution is -0.144. The van der Waals surface area contributed by atoms with Gasteiger partial charge in [-0.05, 0) is 43.9 Å². The van der Waals surface area contributed by atoms with Crippen molar-refractivity contribution >= 4 is 21.9 Å². The molecule has 0 aliphatic heterocycles. The SMILES string of the molecule is CC(NC(=O)C1CCCC(C(=O)O)C1)c1ccc(S(=O)(=O)N(C)C)cc1. The normalized spacial score (nSPS) is 22.0. The summed E-state index contributed by atoms with van der Waals surface area (Å²) in [5, 5.41) is 12.1. The van der Waals surface area contributed by atoms with E-state index in [1.54, 1.807) is 12.1 Å². The largest absolute Gasteiger partial charge is 0.481 e. The second-order valence-corrected chi connectivity index (χ2v) is 9.14. The van der Waals surface area contributed by atoms with E-state index >= 15 is 0 Å². The van der Waals surface area contributed by atoms with Crippen molar-refractivity contribution in [2.45, 2.75) is 43.5 Å². The van der Waals surface area contributed by atoms with Crippen LogP contribution in [0.3, 0.4) is 0 Å². The fourth-order valence-electron chi connectivity index (χ4n) is 3.21. The lowest BCUT2D eigenvalue weighted by Gasteiger charge is -2.27. The van der Waals surface area contributed by atoms with Crippen LogP contribution < -0.4 is 5.32 Å². The lowest BCUT2D eigenvalue weighted by Crippen LogP contribution is -2.36. The zero-order valence-corrected chi connectivity index (χ0v) is 16.1. The molecule has 2 rings (SSSR count). The summed E-state index contributed by atoms with van der Waals surface area (Å²) in [4.78, 5) is 23.8. The van der Waals surface area contributed by atoms with E-state index in [1.165, 1.54) is 26.2 Å². The number of hydrogen-bond acceptors (Lipinski definition) is 4. The van der Waals surface area contributed by atoms with Gasteiger partial charge in [-0.15, -0.1) is 0 Å². The molecule has 0 radical (unpaired) electrons. The van der Waals surface area contributed by atoms with Gasteiger partial charge in [0, 0.05) is 20.0 Å². The Morgan fingerprint density at radius 1 is 1.15 bits per heavy atom. The predicted octanol–water partition coefficient (Wildman–Crippen LogP) is 2.01. The molecule has 144 valence electrons. The lowest BCUT2D eigenvalue weighted by atomic mass is 9.81. The van der Waals surface area contributed by atoms with Crippen LogP contribution in [0, 0.1) is 11.8 Å². The molecule has 0 aromatic heterocycles. The first-order chi connectivity index (χ1) is 12.1. The van der Waals surface area contributed by atoms with Crippen molar-refractivity contribution in [2.24, 2.45) is 11.8 Å². The first kappa shape index (κ1) is 20.4. The molecule has 3 unspecified atom stereocenters. The Bertz CT molecular complexity index is 758. The quantitative estimate of drug-likeness (QED) is 0.783. The summed E-state index contributed by atoms with van der Waals surface area (Å²) in [5.74, 6) is -1.73. The van der Waals surface area contributed by atoms with E-state index < -0.39 is 21.9 Å². The second-order valence-electron chi connectivity index (χ2n) is 6.99. The molecule has 0 spiro atoms. The maximum Gasteiger partial charge on any atom is 0.306 e. The summed E-state index contributed by atoms with van der Waals surface area (Å²) in [6.07, 6.45) is 2.42. The molecule has 1 saturated carbocycles. The number of carbonyl (C=O) groups is 2. The van der Waals surface area contributed by atoms with Gasteiger partial charge in [0.1, 0.15) is 0 Å². The Morgan fingerprint density at radius 3 is 2.27 bits per heavy atom. The van der Waals surface area contributed by atoms with E-state index in [1.807, 2.05) is 6.92 Å². The van der Waals surface area contributed by atoms with Crippen LogP contribution in [-0.2, 0) is 19.6 Å². The number of carbonyl (C=O) groups excluding carboxylic acids is 1. The van der Waals surface area contributed by atoms with Gasteiger partial charge in [-0.2, -0.15) is 0 Å². The number of nitrogens with one attached hydrogen (secondary N) is 1. The number of rotatable bonds is 6. The van der Waals surface area contributed by atoms with E-state index in [0.29, 0.717) is 19.3 Å². The van der Waals surface area contributed by atoms with E-state index in [-0.39, 0.29) is 22.8 Å². The Kier molecular flexibility index (Phi) is 6.41. The van der Waals surface area contributed by atoms with Gasteiger partial charge in [-0.25, -0.2) is 12.7 Å². The smallest absolute Gasteiger partial charge is 0.306 e. The number of hydrogen-bond donors (Lipinski definition) is 2. The number of aliphatic carboxylic acids is 1. The third-order valence-electron chi connectivity index (χ3n) is 4.91. The van der Waals surface area contributed by atoms with Crippen molar-refractivity contribution in [1.82, 2.24) is 9.62 Å². The molecule has 1 aliphatic carbocycles. The number of nitrogens with zero attached hydrogens (tertiary/aromatic N) is 1. The average molecular weight is 382 g/mol. The highest BCUT2D eigenvalue weighted by atomic mass is 32.2. The fraction of sp³-hybridized carbons (Fsp3) is 0.556. The molecule has 0 bridgehead atoms. The van der Waals surface area contributed by atoms with Crippen molar-refractivity contribution in [3.8, 4) is 0 Å². The van der Waals surface area contributed by atoms with Crippen molar-refractivity contribution in [3.05, 3.63) is 29.8 Å². The second kappa shape index (κ2) is 8.18. The Labute approximate surface area is 154 Å². The molecular weight excluding hydrogens is 356 g/mol. The predicted molar refractivity (Wildman–Crippen MR) is 97.0 cm³/mol. The highest BCUT2D eigenvalue weighted by Crippen LogP contribution is 2.30. The van der Waals surface area contributed by atoms with Gasteiger partial charge in [0.05, 0.1) is 16.9 Å². The zero-order chi connectivity index (χ0) is 19.5. The molecule has 1 aromatic rings. The van der Waals surface area contributed by atoms with Gasteiger partial charge in [0.25, 0.3) is 0 Å². The van der Waals surface area contributed by atoms with E-state index in [2.05, 4.69) is 5.32 Å². The molecule has 1 aliphatic rings. The van der Waals surface area contributed by atoms with Crippen molar-refractivity contribution in [1.29, 1.82) is 0 Å². The van der Waals surface area contributed by atoms with Crippen LogP contribution in [0.1, 0.15) is 44.2 Å². The molecule has 8 heteroatoms. The van der Waals surface area contributed by atoms with Gasteiger partial charge < -0.3 is 10.4 Å². The summed E-state index contributed by atoms with van der Waals surface area (Å²) in [6.45, 7) is 1.82. The Hall–Kier alpha value is -1.93. The van der Waals surface area contributed by atoms with Crippen molar-refractivity contribution < 1.29 is 23.1 Å². The van der Waals surface area contributed by atoms with E-state index in [0.717, 1.165) is 16.3 Å². The first-order valence-electron chi connectivity index (χ1n) is 8.68. The van der Waals surface area contributed by atoms with Gasteiger partial charge in [0.2, 0.25) is 15.9 Å². The van der Waals surface area contributed by atoms with Crippen LogP contribution in [0.25, 0.3) is 0 Å². The molecule has 1 amide bonds. The standard InChI is InChI=1S/C18H26N2O5S/c1-12(13-7-9-16(10-8-13)26(24,25)20(2)3)19-17(21)14-5-4-6-15(11-14)18(22)23/h7-10,12,14-15H,4-6,11H2,1-3H3,(H,19,21)(H,22,23). The molecule has 1 fully saturated rings. The topological polar surface area (TPSA) is 104 Å². The highest BCUT2D eigenvalue weighted by Gasteiger charge is 2.31. The molecular formula is C18H26N2O5S. The van der Waals surface area contributed by atoms with Crippen molar-refractivity contribution in [2.75, 3.05) is 14.1 Å².